The second kappa shape index (κ2) is 5.63. The molecule has 1 unspecified atom stereocenters. The third kappa shape index (κ3) is 2.41. The van der Waals surface area contributed by atoms with Crippen LogP contribution in [0.2, 0.25) is 0 Å². The molecule has 0 spiro atoms. The molecule has 20 heavy (non-hydrogen) atoms. The molecule has 2 heterocycles. The van der Waals surface area contributed by atoms with Crippen molar-refractivity contribution in [3.05, 3.63) is 30.0 Å². The molecule has 5 nitrogen and oxygen atoms in total. The molecule has 1 aromatic heterocycles. The van der Waals surface area contributed by atoms with E-state index in [-0.39, 0.29) is 11.9 Å². The van der Waals surface area contributed by atoms with Crippen molar-refractivity contribution in [3.63, 3.8) is 0 Å². The number of rotatable bonds is 4. The van der Waals surface area contributed by atoms with Gasteiger partial charge in [0.15, 0.2) is 0 Å². The molecule has 0 aliphatic carbocycles. The summed E-state index contributed by atoms with van der Waals surface area (Å²) in [6, 6.07) is 8.15. The monoisotopic (exact) mass is 272 g/mol. The van der Waals surface area contributed by atoms with E-state index in [4.69, 9.17) is 0 Å². The molecule has 1 amide bonds. The number of nitrogens with zero attached hydrogens (tertiary/aromatic N) is 2. The van der Waals surface area contributed by atoms with Gasteiger partial charge in [-0.25, -0.2) is 0 Å². The number of aryl methyl sites for hydroxylation is 1. The van der Waals surface area contributed by atoms with Gasteiger partial charge in [0.1, 0.15) is 0 Å². The molecule has 1 aromatic carbocycles. The molecule has 1 atom stereocenters. The van der Waals surface area contributed by atoms with E-state index in [0.717, 1.165) is 42.5 Å². The molecule has 0 bridgehead atoms. The summed E-state index contributed by atoms with van der Waals surface area (Å²) in [5.41, 5.74) is 2.17. The highest BCUT2D eigenvalue weighted by Gasteiger charge is 2.21. The lowest BCUT2D eigenvalue weighted by molar-refractivity contribution is -0.124. The summed E-state index contributed by atoms with van der Waals surface area (Å²) in [7, 11) is 0. The Labute approximate surface area is 118 Å². The number of aromatic nitrogens is 2. The average molecular weight is 272 g/mol. The van der Waals surface area contributed by atoms with Crippen LogP contribution in [0.3, 0.4) is 0 Å². The van der Waals surface area contributed by atoms with Crippen LogP contribution in [0.1, 0.15) is 25.5 Å². The van der Waals surface area contributed by atoms with Gasteiger partial charge in [-0.3, -0.25) is 9.48 Å². The Morgan fingerprint density at radius 2 is 2.30 bits per heavy atom. The molecule has 1 aliphatic heterocycles. The Morgan fingerprint density at radius 1 is 1.45 bits per heavy atom. The number of carbonyl (C=O) groups excluding carboxylic acids is 1. The zero-order chi connectivity index (χ0) is 13.9. The second-order valence-electron chi connectivity index (χ2n) is 5.15. The largest absolute Gasteiger partial charge is 0.355 e. The van der Waals surface area contributed by atoms with Gasteiger partial charge in [-0.2, -0.15) is 5.10 Å². The quantitative estimate of drug-likeness (QED) is 0.885. The predicted molar refractivity (Wildman–Crippen MR) is 78.3 cm³/mol. The number of hydrogen-bond acceptors (Lipinski definition) is 3. The number of hydrogen-bond donors (Lipinski definition) is 2. The Kier molecular flexibility index (Phi) is 3.69. The molecular formula is C15H20N4O. The summed E-state index contributed by atoms with van der Waals surface area (Å²) >= 11 is 0. The fraction of sp³-hybridized carbons (Fsp3) is 0.467. The molecule has 0 radical (unpaired) electrons. The van der Waals surface area contributed by atoms with Crippen LogP contribution in [-0.4, -0.2) is 28.3 Å². The minimum absolute atomic E-state index is 0.0886. The lowest BCUT2D eigenvalue weighted by Gasteiger charge is -2.22. The van der Waals surface area contributed by atoms with E-state index in [2.05, 4.69) is 34.8 Å². The fourth-order valence-corrected chi connectivity index (χ4v) is 2.75. The van der Waals surface area contributed by atoms with Crippen molar-refractivity contribution >= 4 is 16.8 Å². The van der Waals surface area contributed by atoms with Crippen molar-refractivity contribution in [2.24, 2.45) is 0 Å². The molecule has 1 fully saturated rings. The van der Waals surface area contributed by atoms with Gasteiger partial charge in [0, 0.05) is 25.0 Å². The minimum atomic E-state index is -0.0886. The van der Waals surface area contributed by atoms with E-state index in [1.54, 1.807) is 0 Å². The number of fused-ring (bicyclic) bond motifs is 1. The summed E-state index contributed by atoms with van der Waals surface area (Å²) in [5.74, 6) is 0.107. The van der Waals surface area contributed by atoms with Crippen molar-refractivity contribution in [1.29, 1.82) is 0 Å². The third-order valence-electron chi connectivity index (χ3n) is 3.84. The minimum Gasteiger partial charge on any atom is -0.355 e. The summed E-state index contributed by atoms with van der Waals surface area (Å²) in [6.07, 6.45) is 1.94. The van der Waals surface area contributed by atoms with E-state index in [0.29, 0.717) is 6.54 Å². The fourth-order valence-electron chi connectivity index (χ4n) is 2.75. The van der Waals surface area contributed by atoms with Gasteiger partial charge in [-0.1, -0.05) is 18.2 Å². The summed E-state index contributed by atoms with van der Waals surface area (Å²) in [6.45, 7) is 4.37. The first-order valence-electron chi connectivity index (χ1n) is 7.25. The van der Waals surface area contributed by atoms with Crippen LogP contribution in [0.25, 0.3) is 10.9 Å². The summed E-state index contributed by atoms with van der Waals surface area (Å²) in [4.78, 5) is 11.7. The van der Waals surface area contributed by atoms with E-state index in [1.165, 1.54) is 0 Å². The van der Waals surface area contributed by atoms with Crippen LogP contribution in [0.5, 0.6) is 0 Å². The predicted octanol–water partition coefficient (Wildman–Crippen LogP) is 1.42. The summed E-state index contributed by atoms with van der Waals surface area (Å²) in [5, 5.41) is 12.0. The maximum atomic E-state index is 11.7. The van der Waals surface area contributed by atoms with Crippen molar-refractivity contribution in [3.8, 4) is 0 Å². The van der Waals surface area contributed by atoms with Crippen molar-refractivity contribution in [2.75, 3.05) is 6.54 Å². The zero-order valence-electron chi connectivity index (χ0n) is 11.7. The van der Waals surface area contributed by atoms with Gasteiger partial charge in [-0.05, 0) is 25.8 Å². The van der Waals surface area contributed by atoms with Crippen molar-refractivity contribution in [2.45, 2.75) is 38.9 Å². The normalized spacial score (nSPS) is 19.2. The van der Waals surface area contributed by atoms with Gasteiger partial charge < -0.3 is 10.6 Å². The lowest BCUT2D eigenvalue weighted by atomic mass is 10.1. The van der Waals surface area contributed by atoms with Crippen LogP contribution < -0.4 is 10.6 Å². The molecule has 106 valence electrons. The van der Waals surface area contributed by atoms with Crippen LogP contribution in [-0.2, 0) is 17.9 Å². The third-order valence-corrected chi connectivity index (χ3v) is 3.84. The first-order valence-corrected chi connectivity index (χ1v) is 7.25. The highest BCUT2D eigenvalue weighted by atomic mass is 16.2. The van der Waals surface area contributed by atoms with E-state index in [1.807, 2.05) is 16.8 Å². The maximum Gasteiger partial charge on any atom is 0.237 e. The Hall–Kier alpha value is -1.88. The molecule has 2 aromatic rings. The van der Waals surface area contributed by atoms with Crippen LogP contribution in [0, 0.1) is 0 Å². The molecule has 1 saturated heterocycles. The molecule has 2 N–H and O–H groups in total. The first kappa shape index (κ1) is 13.1. The average Bonchev–Trinajstić information content (AvgIpc) is 2.85. The zero-order valence-corrected chi connectivity index (χ0v) is 11.7. The van der Waals surface area contributed by atoms with E-state index >= 15 is 0 Å². The highest BCUT2D eigenvalue weighted by Crippen LogP contribution is 2.18. The van der Waals surface area contributed by atoms with Crippen molar-refractivity contribution < 1.29 is 4.79 Å². The second-order valence-corrected chi connectivity index (χ2v) is 5.15. The van der Waals surface area contributed by atoms with Gasteiger partial charge in [-0.15, -0.1) is 0 Å². The molecule has 0 saturated carbocycles. The van der Waals surface area contributed by atoms with Crippen LogP contribution >= 0.6 is 0 Å². The number of para-hydroxylation sites is 1. The highest BCUT2D eigenvalue weighted by molar-refractivity contribution is 5.83. The number of benzene rings is 1. The van der Waals surface area contributed by atoms with Crippen LogP contribution in [0.4, 0.5) is 0 Å². The van der Waals surface area contributed by atoms with Gasteiger partial charge in [0.2, 0.25) is 5.91 Å². The number of carbonyl (C=O) groups is 1. The number of amides is 1. The Morgan fingerprint density at radius 3 is 3.10 bits per heavy atom. The SMILES string of the molecule is CCn1nc(CNC2CCCNC2=O)c2ccccc21. The lowest BCUT2D eigenvalue weighted by Crippen LogP contribution is -2.47. The van der Waals surface area contributed by atoms with Gasteiger partial charge >= 0.3 is 0 Å². The summed E-state index contributed by atoms with van der Waals surface area (Å²) < 4.78 is 2.01. The first-order chi connectivity index (χ1) is 9.79. The molecule has 5 heteroatoms. The van der Waals surface area contributed by atoms with Gasteiger partial charge in [0.25, 0.3) is 0 Å². The number of piperidine rings is 1. The Bertz CT molecular complexity index is 619. The number of nitrogens with one attached hydrogen (secondary N) is 2. The standard InChI is InChI=1S/C15H20N4O/c1-2-19-14-8-4-3-6-11(14)13(18-19)10-17-12-7-5-9-16-15(12)20/h3-4,6,8,12,17H,2,5,7,9-10H2,1H3,(H,16,20). The molecule has 1 aliphatic rings. The topological polar surface area (TPSA) is 59.0 Å². The van der Waals surface area contributed by atoms with Gasteiger partial charge in [0.05, 0.1) is 17.3 Å². The molecule has 3 rings (SSSR count). The van der Waals surface area contributed by atoms with E-state index < -0.39 is 0 Å². The maximum absolute atomic E-state index is 11.7. The smallest absolute Gasteiger partial charge is 0.237 e. The van der Waals surface area contributed by atoms with Crippen LogP contribution in [0.15, 0.2) is 24.3 Å². The Balaban J connectivity index is 1.79. The van der Waals surface area contributed by atoms with Crippen molar-refractivity contribution in [1.82, 2.24) is 20.4 Å². The van der Waals surface area contributed by atoms with E-state index in [9.17, 15) is 4.79 Å². The molecular weight excluding hydrogens is 252 g/mol.